The van der Waals surface area contributed by atoms with Crippen molar-refractivity contribution in [3.05, 3.63) is 29.8 Å². The van der Waals surface area contributed by atoms with Crippen molar-refractivity contribution in [3.63, 3.8) is 0 Å². The number of aliphatic hydroxyl groups excluding tert-OH is 1. The lowest BCUT2D eigenvalue weighted by Gasteiger charge is -2.31. The van der Waals surface area contributed by atoms with Crippen LogP contribution in [0.3, 0.4) is 0 Å². The molecule has 1 amide bonds. The monoisotopic (exact) mass is 294 g/mol. The Hall–Kier alpha value is -1.75. The second kappa shape index (κ2) is 6.80. The lowest BCUT2D eigenvalue weighted by atomic mass is 10.1. The number of hydrogen-bond donors (Lipinski definition) is 2. The Kier molecular flexibility index (Phi) is 5.61. The van der Waals surface area contributed by atoms with E-state index in [1.54, 1.807) is 24.3 Å². The highest BCUT2D eigenvalue weighted by molar-refractivity contribution is 5.68. The summed E-state index contributed by atoms with van der Waals surface area (Å²) in [5, 5.41) is 10.3. The van der Waals surface area contributed by atoms with E-state index in [0.717, 1.165) is 5.56 Å². The standard InChI is InChI=1S/C16H26N2O3/c1-11(2)18(15(20)21-16(3,4)5)10-14(19)12-6-8-13(17)9-7-12/h6-9,11,14,19H,10,17H2,1-5H3. The summed E-state index contributed by atoms with van der Waals surface area (Å²) in [6.07, 6.45) is -1.20. The molecule has 0 spiro atoms. The maximum atomic E-state index is 12.2. The van der Waals surface area contributed by atoms with Crippen LogP contribution in [0.25, 0.3) is 0 Å². The van der Waals surface area contributed by atoms with Gasteiger partial charge in [0.2, 0.25) is 0 Å². The van der Waals surface area contributed by atoms with Gasteiger partial charge in [-0.25, -0.2) is 4.79 Å². The van der Waals surface area contributed by atoms with Gasteiger partial charge in [0.15, 0.2) is 0 Å². The number of carbonyl (C=O) groups is 1. The molecule has 5 heteroatoms. The zero-order valence-electron chi connectivity index (χ0n) is 13.5. The molecular formula is C16H26N2O3. The molecule has 21 heavy (non-hydrogen) atoms. The van der Waals surface area contributed by atoms with Crippen molar-refractivity contribution in [3.8, 4) is 0 Å². The van der Waals surface area contributed by atoms with Crippen LogP contribution in [0.1, 0.15) is 46.3 Å². The van der Waals surface area contributed by atoms with Crippen molar-refractivity contribution < 1.29 is 14.6 Å². The van der Waals surface area contributed by atoms with Crippen LogP contribution in [0.4, 0.5) is 10.5 Å². The molecule has 1 aromatic rings. The predicted octanol–water partition coefficient (Wildman–Crippen LogP) is 2.95. The van der Waals surface area contributed by atoms with Crippen LogP contribution in [0.2, 0.25) is 0 Å². The van der Waals surface area contributed by atoms with Crippen molar-refractivity contribution in [2.75, 3.05) is 12.3 Å². The third kappa shape index (κ3) is 5.63. The van der Waals surface area contributed by atoms with Crippen LogP contribution < -0.4 is 5.73 Å². The van der Waals surface area contributed by atoms with Gasteiger partial charge in [-0.1, -0.05) is 12.1 Å². The Morgan fingerprint density at radius 3 is 2.24 bits per heavy atom. The first-order valence-electron chi connectivity index (χ1n) is 7.13. The summed E-state index contributed by atoms with van der Waals surface area (Å²) in [5.74, 6) is 0. The minimum atomic E-state index is -0.777. The van der Waals surface area contributed by atoms with Gasteiger partial charge < -0.3 is 20.5 Å². The van der Waals surface area contributed by atoms with Crippen molar-refractivity contribution in [1.82, 2.24) is 4.90 Å². The number of anilines is 1. The van der Waals surface area contributed by atoms with Gasteiger partial charge in [0.1, 0.15) is 5.60 Å². The lowest BCUT2D eigenvalue weighted by Crippen LogP contribution is -2.43. The van der Waals surface area contributed by atoms with Gasteiger partial charge in [-0.05, 0) is 52.3 Å². The Labute approximate surface area is 126 Å². The maximum Gasteiger partial charge on any atom is 0.410 e. The number of amides is 1. The first kappa shape index (κ1) is 17.3. The van der Waals surface area contributed by atoms with Gasteiger partial charge in [0.25, 0.3) is 0 Å². The Bertz CT molecular complexity index is 463. The quantitative estimate of drug-likeness (QED) is 0.837. The third-order valence-corrected chi connectivity index (χ3v) is 2.94. The number of hydrogen-bond acceptors (Lipinski definition) is 4. The van der Waals surface area contributed by atoms with E-state index in [1.807, 2.05) is 34.6 Å². The fraction of sp³-hybridized carbons (Fsp3) is 0.562. The lowest BCUT2D eigenvalue weighted by molar-refractivity contribution is 0.00726. The fourth-order valence-corrected chi connectivity index (χ4v) is 1.83. The number of ether oxygens (including phenoxy) is 1. The molecule has 0 saturated carbocycles. The van der Waals surface area contributed by atoms with Crippen LogP contribution in [0, 0.1) is 0 Å². The Balaban J connectivity index is 2.78. The molecule has 1 rings (SSSR count). The van der Waals surface area contributed by atoms with E-state index in [4.69, 9.17) is 10.5 Å². The van der Waals surface area contributed by atoms with Gasteiger partial charge in [0, 0.05) is 11.7 Å². The van der Waals surface area contributed by atoms with Gasteiger partial charge in [-0.3, -0.25) is 0 Å². The third-order valence-electron chi connectivity index (χ3n) is 2.94. The summed E-state index contributed by atoms with van der Waals surface area (Å²) < 4.78 is 5.37. The highest BCUT2D eigenvalue weighted by Gasteiger charge is 2.26. The number of nitrogens with zero attached hydrogens (tertiary/aromatic N) is 1. The van der Waals surface area contributed by atoms with E-state index < -0.39 is 17.8 Å². The molecule has 1 atom stereocenters. The number of nitrogens with two attached hydrogens (primary N) is 1. The molecule has 3 N–H and O–H groups in total. The Morgan fingerprint density at radius 2 is 1.81 bits per heavy atom. The molecule has 0 aliphatic rings. The second-order valence-corrected chi connectivity index (χ2v) is 6.41. The van der Waals surface area contributed by atoms with Gasteiger partial charge >= 0.3 is 6.09 Å². The van der Waals surface area contributed by atoms with Crippen molar-refractivity contribution in [1.29, 1.82) is 0 Å². The summed E-state index contributed by atoms with van der Waals surface area (Å²) in [6, 6.07) is 6.90. The molecule has 0 bridgehead atoms. The molecule has 0 radical (unpaired) electrons. The largest absolute Gasteiger partial charge is 0.444 e. The van der Waals surface area contributed by atoms with E-state index in [-0.39, 0.29) is 12.6 Å². The van der Waals surface area contributed by atoms with Gasteiger partial charge in [0.05, 0.1) is 12.6 Å². The van der Waals surface area contributed by atoms with Crippen molar-refractivity contribution >= 4 is 11.8 Å². The van der Waals surface area contributed by atoms with E-state index in [2.05, 4.69) is 0 Å². The molecule has 0 fully saturated rings. The van der Waals surface area contributed by atoms with E-state index in [1.165, 1.54) is 4.90 Å². The normalized spacial score (nSPS) is 13.1. The maximum absolute atomic E-state index is 12.2. The van der Waals surface area contributed by atoms with Crippen LogP contribution in [0.5, 0.6) is 0 Å². The van der Waals surface area contributed by atoms with Gasteiger partial charge in [-0.2, -0.15) is 0 Å². The summed E-state index contributed by atoms with van der Waals surface area (Å²) in [5.41, 5.74) is 6.43. The molecule has 0 aromatic heterocycles. The number of benzene rings is 1. The molecule has 0 saturated heterocycles. The minimum absolute atomic E-state index is 0.0664. The van der Waals surface area contributed by atoms with Crippen LogP contribution >= 0.6 is 0 Å². The minimum Gasteiger partial charge on any atom is -0.444 e. The molecule has 1 unspecified atom stereocenters. The number of nitrogen functional groups attached to an aromatic ring is 1. The Morgan fingerprint density at radius 1 is 1.29 bits per heavy atom. The van der Waals surface area contributed by atoms with E-state index >= 15 is 0 Å². The molecule has 5 nitrogen and oxygen atoms in total. The second-order valence-electron chi connectivity index (χ2n) is 6.41. The zero-order valence-corrected chi connectivity index (χ0v) is 13.5. The molecule has 0 heterocycles. The first-order chi connectivity index (χ1) is 9.60. The molecular weight excluding hydrogens is 268 g/mol. The first-order valence-corrected chi connectivity index (χ1v) is 7.13. The topological polar surface area (TPSA) is 75.8 Å². The number of carbonyl (C=O) groups excluding carboxylic acids is 1. The summed E-state index contributed by atoms with van der Waals surface area (Å²) >= 11 is 0. The fourth-order valence-electron chi connectivity index (χ4n) is 1.83. The predicted molar refractivity (Wildman–Crippen MR) is 83.9 cm³/mol. The average Bonchev–Trinajstić information content (AvgIpc) is 2.33. The van der Waals surface area contributed by atoms with Crippen molar-refractivity contribution in [2.45, 2.75) is 52.4 Å². The zero-order chi connectivity index (χ0) is 16.2. The highest BCUT2D eigenvalue weighted by atomic mass is 16.6. The molecule has 0 aliphatic heterocycles. The average molecular weight is 294 g/mol. The smallest absolute Gasteiger partial charge is 0.410 e. The summed E-state index contributed by atoms with van der Waals surface area (Å²) in [4.78, 5) is 13.7. The molecule has 118 valence electrons. The SMILES string of the molecule is CC(C)N(CC(O)c1ccc(N)cc1)C(=O)OC(C)(C)C. The van der Waals surface area contributed by atoms with Crippen LogP contribution in [-0.2, 0) is 4.74 Å². The number of aliphatic hydroxyl groups is 1. The van der Waals surface area contributed by atoms with Gasteiger partial charge in [-0.15, -0.1) is 0 Å². The number of rotatable bonds is 4. The van der Waals surface area contributed by atoms with Crippen molar-refractivity contribution in [2.24, 2.45) is 0 Å². The summed E-state index contributed by atoms with van der Waals surface area (Å²) in [6.45, 7) is 9.41. The highest BCUT2D eigenvalue weighted by Crippen LogP contribution is 2.19. The van der Waals surface area contributed by atoms with E-state index in [0.29, 0.717) is 5.69 Å². The van der Waals surface area contributed by atoms with E-state index in [9.17, 15) is 9.90 Å². The van der Waals surface area contributed by atoms with Crippen LogP contribution in [-0.4, -0.2) is 34.3 Å². The van der Waals surface area contributed by atoms with Crippen LogP contribution in [0.15, 0.2) is 24.3 Å². The molecule has 0 aliphatic carbocycles. The summed E-state index contributed by atoms with van der Waals surface area (Å²) in [7, 11) is 0. The molecule has 1 aromatic carbocycles.